The van der Waals surface area contributed by atoms with E-state index >= 15 is 0 Å². The molecule has 2 aromatic carbocycles. The molecule has 0 aliphatic heterocycles. The van der Waals surface area contributed by atoms with Gasteiger partial charge >= 0.3 is 5.97 Å². The van der Waals surface area contributed by atoms with E-state index in [1.54, 1.807) is 50.4 Å². The van der Waals surface area contributed by atoms with Crippen LogP contribution in [0.3, 0.4) is 0 Å². The van der Waals surface area contributed by atoms with Crippen molar-refractivity contribution in [1.29, 1.82) is 5.41 Å². The van der Waals surface area contributed by atoms with E-state index in [9.17, 15) is 13.2 Å². The number of nitrogen functional groups attached to an aromatic ring is 1. The van der Waals surface area contributed by atoms with E-state index in [0.29, 0.717) is 25.8 Å². The lowest BCUT2D eigenvalue weighted by molar-refractivity contribution is 0.0377. The van der Waals surface area contributed by atoms with Crippen LogP contribution in [0.4, 0.5) is 0 Å². The summed E-state index contributed by atoms with van der Waals surface area (Å²) in [4.78, 5) is 13.1. The smallest absolute Gasteiger partial charge is 0.338 e. The van der Waals surface area contributed by atoms with E-state index in [-0.39, 0.29) is 21.7 Å². The number of rotatable bonds is 7. The molecule has 3 aromatic rings. The molecule has 0 bridgehead atoms. The first-order chi connectivity index (χ1) is 15.1. The van der Waals surface area contributed by atoms with Gasteiger partial charge in [-0.15, -0.1) is 23.1 Å². The monoisotopic (exact) mass is 488 g/mol. The van der Waals surface area contributed by atoms with E-state index < -0.39 is 15.8 Å². The van der Waals surface area contributed by atoms with E-state index in [4.69, 9.17) is 15.9 Å². The second-order valence-corrected chi connectivity index (χ2v) is 11.4. The predicted octanol–water partition coefficient (Wildman–Crippen LogP) is 5.13. The van der Waals surface area contributed by atoms with Gasteiger partial charge in [-0.2, -0.15) is 0 Å². The number of ether oxygens (including phenoxy) is 1. The van der Waals surface area contributed by atoms with Gasteiger partial charge in [0.15, 0.2) is 0 Å². The maximum absolute atomic E-state index is 13.4. The van der Waals surface area contributed by atoms with Crippen LogP contribution in [0, 0.1) is 12.3 Å². The molecule has 0 saturated carbocycles. The second kappa shape index (κ2) is 9.48. The minimum atomic E-state index is -3.83. The highest BCUT2D eigenvalue weighted by Crippen LogP contribution is 2.38. The van der Waals surface area contributed by atoms with E-state index in [1.807, 2.05) is 19.1 Å². The molecule has 0 radical (unpaired) electrons. The number of benzene rings is 2. The molecule has 0 atom stereocenters. The van der Waals surface area contributed by atoms with Crippen molar-refractivity contribution in [2.45, 2.75) is 40.9 Å². The van der Waals surface area contributed by atoms with Crippen LogP contribution in [-0.4, -0.2) is 32.6 Å². The minimum Gasteiger partial charge on any atom is -0.459 e. The number of thioether (sulfide) groups is 1. The van der Waals surface area contributed by atoms with Crippen molar-refractivity contribution >= 4 is 44.7 Å². The van der Waals surface area contributed by atoms with Gasteiger partial charge in [-0.3, -0.25) is 5.41 Å². The van der Waals surface area contributed by atoms with Crippen LogP contribution < -0.4 is 5.73 Å². The summed E-state index contributed by atoms with van der Waals surface area (Å²) in [6, 6.07) is 13.4. The minimum absolute atomic E-state index is 0.132. The van der Waals surface area contributed by atoms with E-state index in [1.165, 1.54) is 29.2 Å². The molecule has 3 N–H and O–H groups in total. The number of nitrogens with one attached hydrogen (secondary N) is 1. The third-order valence-electron chi connectivity index (χ3n) is 4.76. The molecule has 0 aliphatic rings. The molecule has 1 aromatic heterocycles. The number of sulfone groups is 1. The lowest BCUT2D eigenvalue weighted by Gasteiger charge is -2.14. The average Bonchev–Trinajstić information content (AvgIpc) is 3.19. The summed E-state index contributed by atoms with van der Waals surface area (Å²) in [6.07, 6.45) is 1.55. The maximum atomic E-state index is 13.4. The first-order valence-electron chi connectivity index (χ1n) is 9.74. The Labute approximate surface area is 196 Å². The zero-order valence-electron chi connectivity index (χ0n) is 18.1. The van der Waals surface area contributed by atoms with Gasteiger partial charge in [-0.25, -0.2) is 13.2 Å². The molecule has 0 amide bonds. The van der Waals surface area contributed by atoms with Crippen LogP contribution in [-0.2, 0) is 14.6 Å². The Balaban J connectivity index is 2.09. The van der Waals surface area contributed by atoms with Crippen LogP contribution in [0.25, 0.3) is 11.1 Å². The quantitative estimate of drug-likeness (QED) is 0.206. The number of hydrogen-bond acceptors (Lipinski definition) is 7. The zero-order valence-corrected chi connectivity index (χ0v) is 20.6. The highest BCUT2D eigenvalue weighted by atomic mass is 32.2. The van der Waals surface area contributed by atoms with Crippen molar-refractivity contribution in [1.82, 2.24) is 0 Å². The first-order valence-corrected chi connectivity index (χ1v) is 13.3. The Morgan fingerprint density at radius 1 is 1.16 bits per heavy atom. The van der Waals surface area contributed by atoms with Gasteiger partial charge < -0.3 is 10.5 Å². The van der Waals surface area contributed by atoms with Crippen molar-refractivity contribution in [3.8, 4) is 11.1 Å². The molecule has 9 heteroatoms. The summed E-state index contributed by atoms with van der Waals surface area (Å²) in [5.74, 6) is -0.580. The Kier molecular flexibility index (Phi) is 7.12. The van der Waals surface area contributed by atoms with Gasteiger partial charge in [0, 0.05) is 0 Å². The van der Waals surface area contributed by atoms with Gasteiger partial charge in [0.1, 0.15) is 5.84 Å². The summed E-state index contributed by atoms with van der Waals surface area (Å²) in [5.41, 5.74) is 8.15. The van der Waals surface area contributed by atoms with E-state index in [2.05, 4.69) is 0 Å². The number of amidine groups is 1. The molecular formula is C23H24N2O4S3. The maximum Gasteiger partial charge on any atom is 0.338 e. The fourth-order valence-electron chi connectivity index (χ4n) is 3.22. The Morgan fingerprint density at radius 3 is 2.47 bits per heavy atom. The molecule has 1 heterocycles. The van der Waals surface area contributed by atoms with Crippen LogP contribution in [0.1, 0.15) is 34.6 Å². The summed E-state index contributed by atoms with van der Waals surface area (Å²) in [7, 11) is -3.83. The molecule has 0 saturated heterocycles. The Hall–Kier alpha value is -2.62. The number of carbonyl (C=O) groups excluding carboxylic acids is 1. The van der Waals surface area contributed by atoms with Gasteiger partial charge in [0.2, 0.25) is 9.84 Å². The summed E-state index contributed by atoms with van der Waals surface area (Å²) in [5, 5.41) is 7.64. The van der Waals surface area contributed by atoms with Crippen LogP contribution in [0.15, 0.2) is 62.5 Å². The molecular weight excluding hydrogens is 464 g/mol. The fraction of sp³-hybridized carbons (Fsp3) is 0.217. The van der Waals surface area contributed by atoms with E-state index in [0.717, 1.165) is 5.56 Å². The number of carbonyl (C=O) groups is 1. The van der Waals surface area contributed by atoms with Crippen molar-refractivity contribution in [3.05, 3.63) is 64.5 Å². The first kappa shape index (κ1) is 24.0. The second-order valence-electron chi connectivity index (χ2n) is 7.34. The van der Waals surface area contributed by atoms with Crippen molar-refractivity contribution in [3.63, 3.8) is 0 Å². The summed E-state index contributed by atoms with van der Waals surface area (Å²) in [6.45, 7) is 5.39. The lowest BCUT2D eigenvalue weighted by Crippen LogP contribution is -2.13. The third kappa shape index (κ3) is 4.74. The Morgan fingerprint density at radius 2 is 1.84 bits per heavy atom. The highest BCUT2D eigenvalue weighted by molar-refractivity contribution is 8.01. The number of thiophene rings is 1. The van der Waals surface area contributed by atoms with Crippen molar-refractivity contribution < 1.29 is 17.9 Å². The topological polar surface area (TPSA) is 110 Å². The summed E-state index contributed by atoms with van der Waals surface area (Å²) >= 11 is 2.49. The van der Waals surface area contributed by atoms with Crippen LogP contribution in [0.5, 0.6) is 0 Å². The van der Waals surface area contributed by atoms with Crippen molar-refractivity contribution in [2.24, 2.45) is 5.73 Å². The third-order valence-corrected chi connectivity index (χ3v) is 9.10. The van der Waals surface area contributed by atoms with Crippen LogP contribution >= 0.6 is 23.1 Å². The number of hydrogen-bond donors (Lipinski definition) is 2. The zero-order chi connectivity index (χ0) is 23.6. The van der Waals surface area contributed by atoms with Crippen molar-refractivity contribution in [2.75, 3.05) is 6.26 Å². The molecule has 32 heavy (non-hydrogen) atoms. The SMILES string of the molecule is CSc1sc(C(=N)N)cc1S(=O)(=O)c1cccc(-c2cccc(C(=O)OC(C)C)c2C)c1. The lowest BCUT2D eigenvalue weighted by atomic mass is 9.96. The van der Waals surface area contributed by atoms with Gasteiger partial charge in [0.05, 0.1) is 30.5 Å². The normalized spacial score (nSPS) is 11.5. The molecule has 6 nitrogen and oxygen atoms in total. The molecule has 0 aliphatic carbocycles. The average molecular weight is 489 g/mol. The molecule has 0 fully saturated rings. The molecule has 0 unspecified atom stereocenters. The number of esters is 1. The van der Waals surface area contributed by atoms with Crippen LogP contribution in [0.2, 0.25) is 0 Å². The largest absolute Gasteiger partial charge is 0.459 e. The van der Waals surface area contributed by atoms with Gasteiger partial charge in [-0.05, 0) is 68.0 Å². The molecule has 168 valence electrons. The predicted molar refractivity (Wildman–Crippen MR) is 130 cm³/mol. The molecule has 0 spiro atoms. The fourth-order valence-corrected chi connectivity index (χ4v) is 7.13. The summed E-state index contributed by atoms with van der Waals surface area (Å²) < 4.78 is 32.8. The van der Waals surface area contributed by atoms with Gasteiger partial charge in [0.25, 0.3) is 0 Å². The standard InChI is InChI=1S/C23H24N2O4S3/c1-13(2)29-22(26)18-10-6-9-17(14(18)3)15-7-5-8-16(11-15)32(27,28)20-12-19(21(24)25)31-23(20)30-4/h5-13H,1-4H3,(H3,24,25). The Bertz CT molecular complexity index is 1290. The number of nitrogens with two attached hydrogens (primary N) is 1. The highest BCUT2D eigenvalue weighted by Gasteiger charge is 2.25. The molecule has 3 rings (SSSR count). The van der Waals surface area contributed by atoms with Gasteiger partial charge in [-0.1, -0.05) is 24.3 Å².